The molecule has 44 heavy (non-hydrogen) atoms. The maximum atomic E-state index is 4.81. The van der Waals surface area contributed by atoms with Crippen LogP contribution in [0.2, 0.25) is 0 Å². The van der Waals surface area contributed by atoms with Crippen molar-refractivity contribution in [1.29, 1.82) is 0 Å². The van der Waals surface area contributed by atoms with Gasteiger partial charge < -0.3 is 0 Å². The number of hydrogen-bond donors (Lipinski definition) is 0. The first-order valence-corrected chi connectivity index (χ1v) is 14.9. The quantitative estimate of drug-likeness (QED) is 0.198. The van der Waals surface area contributed by atoms with E-state index in [1.54, 1.807) is 0 Å². The molecule has 0 spiro atoms. The van der Waals surface area contributed by atoms with Gasteiger partial charge in [0.2, 0.25) is 0 Å². The maximum absolute atomic E-state index is 4.81. The second kappa shape index (κ2) is 8.79. The van der Waals surface area contributed by atoms with Crippen LogP contribution in [0.3, 0.4) is 0 Å². The summed E-state index contributed by atoms with van der Waals surface area (Å²) in [6, 6.07) is 44.0. The van der Waals surface area contributed by atoms with E-state index in [1.807, 2.05) is 36.8 Å². The monoisotopic (exact) mass is 557 g/mol. The zero-order valence-electron chi connectivity index (χ0n) is 23.6. The Kier molecular flexibility index (Phi) is 4.72. The first-order valence-electron chi connectivity index (χ1n) is 14.9. The SMILES string of the molecule is c1ccc2ncc(-c3ncc(-c4cc5ccc6cccc7c8cccc9ccc%10cccc(c(c4)c5c67)c%10c98)cn3)cc2c1. The van der Waals surface area contributed by atoms with Gasteiger partial charge in [0.05, 0.1) is 5.52 Å². The van der Waals surface area contributed by atoms with Crippen molar-refractivity contribution in [1.82, 2.24) is 15.0 Å². The summed E-state index contributed by atoms with van der Waals surface area (Å²) in [6.45, 7) is 0. The van der Waals surface area contributed by atoms with E-state index in [-0.39, 0.29) is 0 Å². The molecule has 0 atom stereocenters. The minimum atomic E-state index is 0.672. The molecule has 202 valence electrons. The molecule has 2 aromatic heterocycles. The van der Waals surface area contributed by atoms with Gasteiger partial charge in [-0.05, 0) is 94.5 Å². The second-order valence-electron chi connectivity index (χ2n) is 11.7. The molecule has 0 aliphatic heterocycles. The van der Waals surface area contributed by atoms with E-state index in [0.29, 0.717) is 5.82 Å². The first-order chi connectivity index (χ1) is 21.8. The van der Waals surface area contributed by atoms with Crippen LogP contribution in [0, 0.1) is 0 Å². The summed E-state index contributed by atoms with van der Waals surface area (Å²) < 4.78 is 0. The molecule has 10 rings (SSSR count). The summed E-state index contributed by atoms with van der Waals surface area (Å²) in [5.41, 5.74) is 3.97. The van der Waals surface area contributed by atoms with Crippen molar-refractivity contribution in [3.63, 3.8) is 0 Å². The van der Waals surface area contributed by atoms with Crippen LogP contribution in [0.4, 0.5) is 0 Å². The number of rotatable bonds is 2. The fraction of sp³-hybridized carbons (Fsp3) is 0. The van der Waals surface area contributed by atoms with Crippen molar-refractivity contribution in [2.45, 2.75) is 0 Å². The minimum Gasteiger partial charge on any atom is -0.255 e. The fourth-order valence-electron chi connectivity index (χ4n) is 7.27. The van der Waals surface area contributed by atoms with Gasteiger partial charge in [0.1, 0.15) is 0 Å². The fourth-order valence-corrected chi connectivity index (χ4v) is 7.27. The van der Waals surface area contributed by atoms with E-state index in [2.05, 4.69) is 108 Å². The molecule has 3 nitrogen and oxygen atoms in total. The second-order valence-corrected chi connectivity index (χ2v) is 11.7. The van der Waals surface area contributed by atoms with Gasteiger partial charge in [-0.15, -0.1) is 0 Å². The molecule has 0 bridgehead atoms. The highest BCUT2D eigenvalue weighted by Crippen LogP contribution is 2.44. The largest absolute Gasteiger partial charge is 0.255 e. The van der Waals surface area contributed by atoms with Gasteiger partial charge in [-0.3, -0.25) is 4.98 Å². The lowest BCUT2D eigenvalue weighted by Crippen LogP contribution is -1.92. The van der Waals surface area contributed by atoms with Gasteiger partial charge in [-0.25, -0.2) is 9.97 Å². The van der Waals surface area contributed by atoms with E-state index in [1.165, 1.54) is 64.6 Å². The lowest BCUT2D eigenvalue weighted by Gasteiger charge is -2.17. The third-order valence-corrected chi connectivity index (χ3v) is 9.26. The van der Waals surface area contributed by atoms with Gasteiger partial charge in [0.15, 0.2) is 5.82 Å². The van der Waals surface area contributed by atoms with Gasteiger partial charge in [-0.1, -0.05) is 97.1 Å². The number of fused-ring (bicyclic) bond motifs is 3. The molecular formula is C41H23N3. The summed E-state index contributed by atoms with van der Waals surface area (Å²) in [7, 11) is 0. The van der Waals surface area contributed by atoms with Gasteiger partial charge in [0, 0.05) is 35.1 Å². The molecule has 0 saturated heterocycles. The number of para-hydroxylation sites is 1. The Morgan fingerprint density at radius 1 is 0.318 bits per heavy atom. The Labute approximate surface area is 252 Å². The molecule has 0 fully saturated rings. The van der Waals surface area contributed by atoms with Crippen molar-refractivity contribution < 1.29 is 0 Å². The number of benzene rings is 7. The van der Waals surface area contributed by atoms with E-state index < -0.39 is 0 Å². The summed E-state index contributed by atoms with van der Waals surface area (Å²) in [4.78, 5) is 14.2. The summed E-state index contributed by atoms with van der Waals surface area (Å²) in [6.07, 6.45) is 5.74. The van der Waals surface area contributed by atoms with Crippen LogP contribution < -0.4 is 0 Å². The molecule has 10 aromatic rings. The highest BCUT2D eigenvalue weighted by molar-refractivity contribution is 6.37. The van der Waals surface area contributed by atoms with Crippen molar-refractivity contribution in [2.75, 3.05) is 0 Å². The van der Waals surface area contributed by atoms with Crippen LogP contribution in [0.15, 0.2) is 140 Å². The predicted octanol–water partition coefficient (Wildman–Crippen LogP) is 10.7. The smallest absolute Gasteiger partial charge is 0.160 e. The van der Waals surface area contributed by atoms with Crippen LogP contribution in [-0.4, -0.2) is 15.0 Å². The lowest BCUT2D eigenvalue weighted by molar-refractivity contribution is 1.17. The Bertz CT molecular complexity index is 2760. The number of nitrogens with zero attached hydrogens (tertiary/aromatic N) is 3. The number of pyridine rings is 1. The van der Waals surface area contributed by atoms with Gasteiger partial charge in [0.25, 0.3) is 0 Å². The maximum Gasteiger partial charge on any atom is 0.160 e. The van der Waals surface area contributed by atoms with Gasteiger partial charge in [-0.2, -0.15) is 0 Å². The molecule has 0 saturated carbocycles. The van der Waals surface area contributed by atoms with Crippen molar-refractivity contribution in [3.05, 3.63) is 140 Å². The summed E-state index contributed by atoms with van der Waals surface area (Å²) in [5.74, 6) is 0.672. The molecule has 0 aliphatic rings. The summed E-state index contributed by atoms with van der Waals surface area (Å²) >= 11 is 0. The van der Waals surface area contributed by atoms with Gasteiger partial charge >= 0.3 is 0 Å². The molecule has 0 radical (unpaired) electrons. The van der Waals surface area contributed by atoms with Crippen LogP contribution in [0.1, 0.15) is 0 Å². The van der Waals surface area contributed by atoms with Crippen LogP contribution in [0.5, 0.6) is 0 Å². The topological polar surface area (TPSA) is 38.7 Å². The van der Waals surface area contributed by atoms with E-state index in [0.717, 1.165) is 27.6 Å². The number of aromatic nitrogens is 3. The van der Waals surface area contributed by atoms with E-state index >= 15 is 0 Å². The average Bonchev–Trinajstić information content (AvgIpc) is 3.09. The van der Waals surface area contributed by atoms with Crippen molar-refractivity contribution >= 4 is 75.5 Å². The molecule has 8 aromatic carbocycles. The van der Waals surface area contributed by atoms with Crippen LogP contribution in [-0.2, 0) is 0 Å². The summed E-state index contributed by atoms with van der Waals surface area (Å²) in [5, 5.41) is 16.4. The lowest BCUT2D eigenvalue weighted by atomic mass is 9.87. The molecular weight excluding hydrogens is 534 g/mol. The van der Waals surface area contributed by atoms with Crippen LogP contribution >= 0.6 is 0 Å². The Morgan fingerprint density at radius 3 is 1.48 bits per heavy atom. The average molecular weight is 558 g/mol. The molecule has 0 aliphatic carbocycles. The standard InChI is InChI=1S/C41H23N3/c1-2-13-36-27(6-1)18-30(21-42-36)41-43-22-31(23-44-41)29-19-28-17-16-26-8-4-11-33-32-10-3-7-24-14-15-25-9-5-12-34(39(25)37(24)32)35(20-29)40(28)38(26)33/h1-23H. The third-order valence-electron chi connectivity index (χ3n) is 9.26. The Hall–Kier alpha value is -5.93. The third kappa shape index (κ3) is 3.29. The van der Waals surface area contributed by atoms with E-state index in [4.69, 9.17) is 9.97 Å². The minimum absolute atomic E-state index is 0.672. The molecule has 0 amide bonds. The van der Waals surface area contributed by atoms with Crippen molar-refractivity contribution in [2.24, 2.45) is 0 Å². The Balaban J connectivity index is 1.29. The van der Waals surface area contributed by atoms with Crippen molar-refractivity contribution in [3.8, 4) is 22.5 Å². The highest BCUT2D eigenvalue weighted by Gasteiger charge is 2.16. The predicted molar refractivity (Wildman–Crippen MR) is 184 cm³/mol. The molecule has 0 N–H and O–H groups in total. The van der Waals surface area contributed by atoms with Crippen LogP contribution in [0.25, 0.3) is 98.1 Å². The highest BCUT2D eigenvalue weighted by atomic mass is 14.9. The zero-order chi connectivity index (χ0) is 28.8. The Morgan fingerprint density at radius 2 is 0.818 bits per heavy atom. The zero-order valence-corrected chi connectivity index (χ0v) is 23.6. The van der Waals surface area contributed by atoms with E-state index in [9.17, 15) is 0 Å². The molecule has 0 unspecified atom stereocenters. The molecule has 2 heterocycles. The number of hydrogen-bond acceptors (Lipinski definition) is 3. The normalized spacial score (nSPS) is 12.1. The molecule has 3 heteroatoms. The first kappa shape index (κ1) is 23.6.